The molecule has 0 aliphatic rings. The molecule has 0 heterocycles. The van der Waals surface area contributed by atoms with Gasteiger partial charge in [-0.05, 0) is 31.0 Å². The Morgan fingerprint density at radius 1 is 1.10 bits per heavy atom. The Morgan fingerprint density at radius 3 is 2.29 bits per heavy atom. The lowest BCUT2D eigenvalue weighted by atomic mass is 10.0. The smallest absolute Gasteiger partial charge is 0.0811 e. The monoisotopic (exact) mass is 298 g/mol. The van der Waals surface area contributed by atoms with Crippen molar-refractivity contribution in [3.05, 3.63) is 76.7 Å². The fraction of sp³-hybridized carbons (Fsp3) is 0.263. The summed E-state index contributed by atoms with van der Waals surface area (Å²) in [6, 6.07) is 18.2. The molecule has 2 aromatic carbocycles. The second-order valence-corrected chi connectivity index (χ2v) is 6.71. The third kappa shape index (κ3) is 3.92. The van der Waals surface area contributed by atoms with Gasteiger partial charge in [-0.3, -0.25) is 0 Å². The van der Waals surface area contributed by atoms with Crippen molar-refractivity contribution < 1.29 is 4.21 Å². The van der Waals surface area contributed by atoms with Gasteiger partial charge in [0, 0.05) is 15.7 Å². The minimum absolute atomic E-state index is 0.160. The Balaban J connectivity index is 2.33. The second-order valence-electron chi connectivity index (χ2n) is 5.23. The zero-order valence-corrected chi connectivity index (χ0v) is 13.7. The first kappa shape index (κ1) is 15.7. The van der Waals surface area contributed by atoms with Gasteiger partial charge >= 0.3 is 0 Å². The molecule has 2 heteroatoms. The Morgan fingerprint density at radius 2 is 1.71 bits per heavy atom. The van der Waals surface area contributed by atoms with Crippen molar-refractivity contribution in [3.63, 3.8) is 0 Å². The average Bonchev–Trinajstić information content (AvgIpc) is 2.53. The first-order valence-electron chi connectivity index (χ1n) is 7.37. The molecule has 0 fully saturated rings. The van der Waals surface area contributed by atoms with Crippen molar-refractivity contribution in [2.75, 3.05) is 0 Å². The number of hydrogen-bond donors (Lipinski definition) is 0. The average molecular weight is 298 g/mol. The van der Waals surface area contributed by atoms with Crippen molar-refractivity contribution in [2.45, 2.75) is 38.0 Å². The van der Waals surface area contributed by atoms with Crippen LogP contribution in [0.25, 0.3) is 0 Å². The molecule has 0 N–H and O–H groups in total. The van der Waals surface area contributed by atoms with E-state index in [2.05, 4.69) is 32.1 Å². The van der Waals surface area contributed by atoms with Gasteiger partial charge in [0.2, 0.25) is 0 Å². The van der Waals surface area contributed by atoms with Crippen molar-refractivity contribution in [1.29, 1.82) is 0 Å². The van der Waals surface area contributed by atoms with E-state index in [0.717, 1.165) is 16.2 Å². The number of benzene rings is 2. The Labute approximate surface area is 130 Å². The SMILES string of the molecule is CC/C=C(/[C@H](C)c1ccccc1)[S@@](=O)c1ccc(C)cc1. The van der Waals surface area contributed by atoms with Gasteiger partial charge in [-0.25, -0.2) is 4.21 Å². The van der Waals surface area contributed by atoms with E-state index >= 15 is 0 Å². The number of rotatable bonds is 5. The fourth-order valence-corrected chi connectivity index (χ4v) is 3.75. The topological polar surface area (TPSA) is 17.1 Å². The summed E-state index contributed by atoms with van der Waals surface area (Å²) in [5.74, 6) is 0.160. The van der Waals surface area contributed by atoms with Gasteiger partial charge in [-0.15, -0.1) is 0 Å². The van der Waals surface area contributed by atoms with Gasteiger partial charge < -0.3 is 0 Å². The highest BCUT2D eigenvalue weighted by atomic mass is 32.2. The van der Waals surface area contributed by atoms with Crippen LogP contribution in [0.4, 0.5) is 0 Å². The summed E-state index contributed by atoms with van der Waals surface area (Å²) in [5.41, 5.74) is 2.39. The highest BCUT2D eigenvalue weighted by Gasteiger charge is 2.18. The second kappa shape index (κ2) is 7.37. The third-order valence-electron chi connectivity index (χ3n) is 3.58. The minimum atomic E-state index is -1.10. The lowest BCUT2D eigenvalue weighted by Crippen LogP contribution is -2.05. The van der Waals surface area contributed by atoms with Crippen LogP contribution < -0.4 is 0 Å². The van der Waals surface area contributed by atoms with Crippen LogP contribution in [0.2, 0.25) is 0 Å². The molecule has 2 atom stereocenters. The van der Waals surface area contributed by atoms with Crippen LogP contribution in [0.1, 0.15) is 37.3 Å². The molecular formula is C19H22OS. The first-order chi connectivity index (χ1) is 10.1. The van der Waals surface area contributed by atoms with E-state index in [9.17, 15) is 4.21 Å². The lowest BCUT2D eigenvalue weighted by Gasteiger charge is -2.16. The van der Waals surface area contributed by atoms with E-state index in [1.54, 1.807) is 0 Å². The largest absolute Gasteiger partial charge is 0.249 e. The van der Waals surface area contributed by atoms with E-state index in [1.807, 2.05) is 49.4 Å². The molecule has 2 aromatic rings. The van der Waals surface area contributed by atoms with Crippen molar-refractivity contribution in [2.24, 2.45) is 0 Å². The molecule has 0 spiro atoms. The summed E-state index contributed by atoms with van der Waals surface area (Å²) in [6.45, 7) is 6.26. The van der Waals surface area contributed by atoms with E-state index in [-0.39, 0.29) is 5.92 Å². The van der Waals surface area contributed by atoms with Crippen molar-refractivity contribution >= 4 is 10.8 Å². The first-order valence-corrected chi connectivity index (χ1v) is 8.52. The molecule has 21 heavy (non-hydrogen) atoms. The van der Waals surface area contributed by atoms with Gasteiger partial charge in [-0.1, -0.05) is 68.0 Å². The van der Waals surface area contributed by atoms with Gasteiger partial charge in [-0.2, -0.15) is 0 Å². The highest BCUT2D eigenvalue weighted by molar-refractivity contribution is 7.89. The zero-order valence-electron chi connectivity index (χ0n) is 12.9. The predicted molar refractivity (Wildman–Crippen MR) is 90.8 cm³/mol. The molecule has 0 aliphatic carbocycles. The van der Waals surface area contributed by atoms with Crippen molar-refractivity contribution in [1.82, 2.24) is 0 Å². The summed E-state index contributed by atoms with van der Waals surface area (Å²) >= 11 is 0. The summed E-state index contributed by atoms with van der Waals surface area (Å²) in [7, 11) is -1.10. The summed E-state index contributed by atoms with van der Waals surface area (Å²) < 4.78 is 12.9. The van der Waals surface area contributed by atoms with Gasteiger partial charge in [0.15, 0.2) is 0 Å². The molecule has 0 amide bonds. The van der Waals surface area contributed by atoms with Crippen molar-refractivity contribution in [3.8, 4) is 0 Å². The summed E-state index contributed by atoms with van der Waals surface area (Å²) in [6.07, 6.45) is 3.00. The van der Waals surface area contributed by atoms with Gasteiger partial charge in [0.1, 0.15) is 0 Å². The van der Waals surface area contributed by atoms with Crippen LogP contribution in [-0.4, -0.2) is 4.21 Å². The highest BCUT2D eigenvalue weighted by Crippen LogP contribution is 2.30. The zero-order chi connectivity index (χ0) is 15.2. The predicted octanol–water partition coefficient (Wildman–Crippen LogP) is 5.20. The standard InChI is InChI=1S/C19H22OS/c1-4-8-19(16(3)17-9-6-5-7-10-17)21(20)18-13-11-15(2)12-14-18/h5-14,16H,4H2,1-3H3/b19-8-/t16-,21+/m1/s1. The molecule has 1 nitrogen and oxygen atoms in total. The van der Waals surface area contributed by atoms with E-state index in [4.69, 9.17) is 0 Å². The van der Waals surface area contributed by atoms with Crippen LogP contribution in [0.15, 0.2) is 70.5 Å². The van der Waals surface area contributed by atoms with Crippen LogP contribution in [0.3, 0.4) is 0 Å². The van der Waals surface area contributed by atoms with Gasteiger partial charge in [0.05, 0.1) is 10.8 Å². The third-order valence-corrected chi connectivity index (χ3v) is 5.23. The molecule has 0 aliphatic heterocycles. The Kier molecular flexibility index (Phi) is 5.51. The lowest BCUT2D eigenvalue weighted by molar-refractivity contribution is 0.683. The van der Waals surface area contributed by atoms with E-state index in [1.165, 1.54) is 11.1 Å². The van der Waals surface area contributed by atoms with Crippen LogP contribution in [0, 0.1) is 6.92 Å². The molecule has 0 aromatic heterocycles. The molecule has 2 rings (SSSR count). The minimum Gasteiger partial charge on any atom is -0.249 e. The van der Waals surface area contributed by atoms with Crippen LogP contribution >= 0.6 is 0 Å². The summed E-state index contributed by atoms with van der Waals surface area (Å²) in [4.78, 5) is 1.87. The van der Waals surface area contributed by atoms with Gasteiger partial charge in [0.25, 0.3) is 0 Å². The summed E-state index contributed by atoms with van der Waals surface area (Å²) in [5, 5.41) is 0. The molecule has 0 saturated heterocycles. The Bertz CT molecular complexity index is 626. The fourth-order valence-electron chi connectivity index (χ4n) is 2.32. The molecule has 110 valence electrons. The number of allylic oxidation sites excluding steroid dienone is 2. The van der Waals surface area contributed by atoms with Crippen LogP contribution in [0.5, 0.6) is 0 Å². The van der Waals surface area contributed by atoms with Crippen LogP contribution in [-0.2, 0) is 10.8 Å². The van der Waals surface area contributed by atoms with E-state index in [0.29, 0.717) is 0 Å². The van der Waals surface area contributed by atoms with E-state index < -0.39 is 10.8 Å². The quantitative estimate of drug-likeness (QED) is 0.741. The normalized spacial score (nSPS) is 14.7. The molecule has 0 saturated carbocycles. The molecule has 0 unspecified atom stereocenters. The Hall–Kier alpha value is -1.67. The maximum atomic E-state index is 12.9. The molecule has 0 radical (unpaired) electrons. The number of aryl methyl sites for hydroxylation is 1. The molecular weight excluding hydrogens is 276 g/mol. The number of hydrogen-bond acceptors (Lipinski definition) is 1. The molecule has 0 bridgehead atoms. The maximum absolute atomic E-state index is 12.9. The maximum Gasteiger partial charge on any atom is 0.0811 e.